The molecule has 4 aromatic rings. The van der Waals surface area contributed by atoms with Gasteiger partial charge in [-0.2, -0.15) is 9.35 Å². The lowest BCUT2D eigenvalue weighted by Gasteiger charge is -2.15. The quantitative estimate of drug-likeness (QED) is 0.372. The standard InChI is InChI=1S/C27H25ClN4O6S/c1-39(2,35)32-26(34)17-9-5-15(6-10-17)14-3-7-16(8-4-14)22-18(28)11-19-25(30-22)31-27(29-19)38-21-13-37-23-20(33)12-36-24(21)23/h3-11,20-21,23-24,33H,12-13H2,1-2H3,(H,29,30,31)/t20-,21-,23?,24-/m1/s1. The van der Waals surface area contributed by atoms with E-state index in [0.29, 0.717) is 34.1 Å². The molecule has 2 aliphatic rings. The Morgan fingerprint density at radius 3 is 2.36 bits per heavy atom. The number of aromatic amines is 1. The lowest BCUT2D eigenvalue weighted by Crippen LogP contribution is -2.34. The van der Waals surface area contributed by atoms with Crippen LogP contribution in [-0.4, -0.2) is 80.3 Å². The number of ether oxygens (including phenoxy) is 3. The highest BCUT2D eigenvalue weighted by Crippen LogP contribution is 2.33. The molecule has 2 fully saturated rings. The van der Waals surface area contributed by atoms with Gasteiger partial charge < -0.3 is 19.3 Å². The number of fused-ring (bicyclic) bond motifs is 2. The van der Waals surface area contributed by atoms with E-state index in [9.17, 15) is 14.1 Å². The van der Waals surface area contributed by atoms with Crippen molar-refractivity contribution in [3.8, 4) is 28.4 Å². The molecule has 1 amide bonds. The number of aliphatic hydroxyl groups excluding tert-OH is 1. The Morgan fingerprint density at radius 1 is 1.03 bits per heavy atom. The van der Waals surface area contributed by atoms with E-state index in [1.54, 1.807) is 18.2 Å². The average Bonchev–Trinajstić information content (AvgIpc) is 3.59. The molecule has 10 nitrogen and oxygen atoms in total. The number of nitrogens with zero attached hydrogens (tertiary/aromatic N) is 3. The Morgan fingerprint density at radius 2 is 1.67 bits per heavy atom. The zero-order valence-electron chi connectivity index (χ0n) is 21.0. The second kappa shape index (κ2) is 10.00. The fraction of sp³-hybridized carbons (Fsp3) is 0.296. The van der Waals surface area contributed by atoms with E-state index < -0.39 is 33.9 Å². The van der Waals surface area contributed by atoms with Crippen molar-refractivity contribution in [2.24, 2.45) is 4.36 Å². The van der Waals surface area contributed by atoms with Gasteiger partial charge in [0.2, 0.25) is 0 Å². The molecule has 2 N–H and O–H groups in total. The Bertz CT molecular complexity index is 1670. The van der Waals surface area contributed by atoms with Crippen LogP contribution in [0.25, 0.3) is 33.5 Å². The predicted octanol–water partition coefficient (Wildman–Crippen LogP) is 3.72. The Balaban J connectivity index is 1.20. The van der Waals surface area contributed by atoms with Gasteiger partial charge in [0.15, 0.2) is 11.8 Å². The number of carbonyl (C=O) groups is 1. The van der Waals surface area contributed by atoms with Gasteiger partial charge in [-0.25, -0.2) is 9.19 Å². The van der Waals surface area contributed by atoms with Gasteiger partial charge in [0.05, 0.1) is 23.9 Å². The van der Waals surface area contributed by atoms with Gasteiger partial charge in [-0.15, -0.1) is 0 Å². The zero-order chi connectivity index (χ0) is 27.3. The number of amides is 1. The van der Waals surface area contributed by atoms with Crippen LogP contribution >= 0.6 is 11.6 Å². The topological polar surface area (TPSA) is 136 Å². The van der Waals surface area contributed by atoms with Gasteiger partial charge in [0, 0.05) is 33.4 Å². The third-order valence-corrected chi connectivity index (χ3v) is 7.47. The number of nitrogens with one attached hydrogen (secondary N) is 1. The number of H-pyrrole nitrogens is 1. The van der Waals surface area contributed by atoms with Crippen molar-refractivity contribution in [2.75, 3.05) is 25.7 Å². The van der Waals surface area contributed by atoms with Gasteiger partial charge >= 0.3 is 0 Å². The van der Waals surface area contributed by atoms with E-state index in [2.05, 4.69) is 19.3 Å². The third-order valence-electron chi connectivity index (χ3n) is 6.57. The number of imidazole rings is 1. The minimum Gasteiger partial charge on any atom is -0.456 e. The van der Waals surface area contributed by atoms with Gasteiger partial charge in [-0.1, -0.05) is 48.0 Å². The van der Waals surface area contributed by atoms with E-state index in [1.807, 2.05) is 36.4 Å². The predicted molar refractivity (Wildman–Crippen MR) is 146 cm³/mol. The van der Waals surface area contributed by atoms with Crippen molar-refractivity contribution in [3.05, 3.63) is 65.2 Å². The van der Waals surface area contributed by atoms with E-state index in [4.69, 9.17) is 25.8 Å². The van der Waals surface area contributed by atoms with Crippen molar-refractivity contribution in [1.82, 2.24) is 15.0 Å². The summed E-state index contributed by atoms with van der Waals surface area (Å²) in [4.78, 5) is 24.4. The Kier molecular flexibility index (Phi) is 6.64. The first-order valence-electron chi connectivity index (χ1n) is 12.2. The first-order chi connectivity index (χ1) is 18.6. The van der Waals surface area contributed by atoms with E-state index in [1.165, 1.54) is 12.5 Å². The van der Waals surface area contributed by atoms with Gasteiger partial charge in [-0.3, -0.25) is 9.78 Å². The van der Waals surface area contributed by atoms with Crippen LogP contribution in [0.3, 0.4) is 0 Å². The molecule has 202 valence electrons. The second-order valence-corrected chi connectivity index (χ2v) is 12.7. The number of aliphatic hydroxyl groups is 1. The first-order valence-corrected chi connectivity index (χ1v) is 14.9. The molecule has 0 radical (unpaired) electrons. The highest BCUT2D eigenvalue weighted by Gasteiger charge is 2.48. The zero-order valence-corrected chi connectivity index (χ0v) is 22.6. The summed E-state index contributed by atoms with van der Waals surface area (Å²) < 4.78 is 32.7. The summed E-state index contributed by atoms with van der Waals surface area (Å²) in [6, 6.07) is 16.7. The summed E-state index contributed by atoms with van der Waals surface area (Å²) in [6.07, 6.45) is 1.06. The number of pyridine rings is 1. The van der Waals surface area contributed by atoms with Gasteiger partial charge in [-0.05, 0) is 29.3 Å². The molecular weight excluding hydrogens is 544 g/mol. The molecule has 2 aromatic heterocycles. The van der Waals surface area contributed by atoms with Gasteiger partial charge in [0.25, 0.3) is 11.9 Å². The Labute approximate surface area is 229 Å². The number of hydrogen-bond acceptors (Lipinski definition) is 8. The molecule has 0 aliphatic carbocycles. The maximum absolute atomic E-state index is 12.2. The summed E-state index contributed by atoms with van der Waals surface area (Å²) in [5.41, 5.74) is 4.71. The van der Waals surface area contributed by atoms with Crippen molar-refractivity contribution in [3.63, 3.8) is 0 Å². The molecule has 0 spiro atoms. The van der Waals surface area contributed by atoms with Crippen LogP contribution in [-0.2, 0) is 19.2 Å². The molecular formula is C27H25ClN4O6S. The fourth-order valence-corrected chi connectivity index (χ4v) is 5.48. The molecule has 2 aromatic carbocycles. The summed E-state index contributed by atoms with van der Waals surface area (Å²) in [7, 11) is -2.51. The monoisotopic (exact) mass is 568 g/mol. The molecule has 0 bridgehead atoms. The van der Waals surface area contributed by atoms with Crippen LogP contribution in [0.4, 0.5) is 0 Å². The molecule has 1 unspecified atom stereocenters. The smallest absolute Gasteiger partial charge is 0.296 e. The summed E-state index contributed by atoms with van der Waals surface area (Å²) in [6.45, 7) is 0.514. The van der Waals surface area contributed by atoms with Crippen LogP contribution in [0.2, 0.25) is 5.02 Å². The van der Waals surface area contributed by atoms with Gasteiger partial charge in [0.1, 0.15) is 23.8 Å². The van der Waals surface area contributed by atoms with E-state index in [-0.39, 0.29) is 18.7 Å². The molecule has 4 atom stereocenters. The molecule has 39 heavy (non-hydrogen) atoms. The molecule has 6 rings (SSSR count). The van der Waals surface area contributed by atoms with Crippen LogP contribution in [0, 0.1) is 0 Å². The maximum Gasteiger partial charge on any atom is 0.296 e. The summed E-state index contributed by atoms with van der Waals surface area (Å²) >= 11 is 6.57. The lowest BCUT2D eigenvalue weighted by atomic mass is 10.0. The van der Waals surface area contributed by atoms with E-state index in [0.717, 1.165) is 16.7 Å². The highest BCUT2D eigenvalue weighted by atomic mass is 35.5. The second-order valence-electron chi connectivity index (χ2n) is 9.78. The molecule has 2 aliphatic heterocycles. The molecule has 12 heteroatoms. The van der Waals surface area contributed by atoms with Crippen LogP contribution in [0.15, 0.2) is 59.0 Å². The number of halogens is 1. The number of rotatable bonds is 5. The fourth-order valence-electron chi connectivity index (χ4n) is 4.72. The average molecular weight is 569 g/mol. The lowest BCUT2D eigenvalue weighted by molar-refractivity contribution is 0.00706. The number of hydrogen-bond donors (Lipinski definition) is 2. The number of aromatic nitrogens is 3. The maximum atomic E-state index is 12.2. The number of benzene rings is 2. The van der Waals surface area contributed by atoms with Crippen molar-refractivity contribution >= 4 is 38.4 Å². The normalized spacial score (nSPS) is 22.7. The minimum absolute atomic E-state index is 0.220. The van der Waals surface area contributed by atoms with Crippen LogP contribution in [0.1, 0.15) is 10.4 Å². The van der Waals surface area contributed by atoms with Crippen molar-refractivity contribution in [2.45, 2.75) is 24.4 Å². The molecule has 4 heterocycles. The largest absolute Gasteiger partial charge is 0.456 e. The molecule has 0 saturated carbocycles. The first kappa shape index (κ1) is 25.9. The number of carbonyl (C=O) groups excluding carboxylic acids is 1. The SMILES string of the molecule is CS(C)(=O)=NC(=O)c1ccc(-c2ccc(-c3nc4[nH]c(O[C@@H]5COC6[C@H](O)CO[C@@H]65)nc4cc3Cl)cc2)cc1. The molecule has 2 saturated heterocycles. The van der Waals surface area contributed by atoms with Crippen molar-refractivity contribution < 1.29 is 28.3 Å². The van der Waals surface area contributed by atoms with Crippen molar-refractivity contribution in [1.29, 1.82) is 0 Å². The highest BCUT2D eigenvalue weighted by molar-refractivity contribution is 7.92. The summed E-state index contributed by atoms with van der Waals surface area (Å²) in [5, 5.41) is 10.4. The minimum atomic E-state index is -2.51. The summed E-state index contributed by atoms with van der Waals surface area (Å²) in [5.74, 6) is -0.498. The van der Waals surface area contributed by atoms with Crippen LogP contribution < -0.4 is 4.74 Å². The van der Waals surface area contributed by atoms with Crippen LogP contribution in [0.5, 0.6) is 6.01 Å². The third kappa shape index (κ3) is 5.28. The Hall–Kier alpha value is -3.35. The van der Waals surface area contributed by atoms with E-state index >= 15 is 0 Å².